The van der Waals surface area contributed by atoms with Gasteiger partial charge in [0.1, 0.15) is 0 Å². The quantitative estimate of drug-likeness (QED) is 0.572. The Hall–Kier alpha value is 0.180. The Bertz CT molecular complexity index is 114. The molecule has 0 aliphatic carbocycles. The minimum absolute atomic E-state index is 0.802. The Kier molecular flexibility index (Phi) is 2.71. The highest BCUT2D eigenvalue weighted by molar-refractivity contribution is 8.43. The number of hydrogen-bond acceptors (Lipinski definition) is 1. The van der Waals surface area contributed by atoms with Crippen molar-refractivity contribution < 1.29 is 0 Å². The number of rotatable bonds is 2. The maximum absolute atomic E-state index is 4.13. The van der Waals surface area contributed by atoms with Gasteiger partial charge in [0.2, 0.25) is 0 Å². The summed E-state index contributed by atoms with van der Waals surface area (Å²) in [5, 5.41) is 1.92. The first-order chi connectivity index (χ1) is 3.50. The second kappa shape index (κ2) is 2.65. The van der Waals surface area contributed by atoms with Gasteiger partial charge < -0.3 is 0 Å². The molecule has 0 N–H and O–H groups in total. The monoisotopic (exact) mass is 148 g/mol. The molecule has 0 unspecified atom stereocenters. The van der Waals surface area contributed by atoms with Gasteiger partial charge in [0.15, 0.2) is 0 Å². The average molecular weight is 148 g/mol. The fourth-order valence-corrected chi connectivity index (χ4v) is 0.512. The summed E-state index contributed by atoms with van der Waals surface area (Å²) < 4.78 is 0.938. The normalized spacial score (nSPS) is 12.9. The van der Waals surface area contributed by atoms with Crippen molar-refractivity contribution in [2.45, 2.75) is 0 Å². The van der Waals surface area contributed by atoms with E-state index >= 15 is 0 Å². The lowest BCUT2D eigenvalue weighted by Gasteiger charge is -2.25. The molecule has 0 bridgehead atoms. The summed E-state index contributed by atoms with van der Waals surface area (Å²) in [6.45, 7) is 7.41. The molecule has 48 valence electrons. The molecule has 0 saturated heterocycles. The molecule has 2 heteroatoms. The van der Waals surface area contributed by atoms with Crippen LogP contribution in [0.3, 0.4) is 0 Å². The Balaban J connectivity index is 4.12. The number of thiol groups is 1. The van der Waals surface area contributed by atoms with Crippen molar-refractivity contribution in [3.8, 4) is 0 Å². The molecule has 0 saturated carbocycles. The van der Waals surface area contributed by atoms with Gasteiger partial charge in [-0.15, -0.1) is 12.6 Å². The summed E-state index contributed by atoms with van der Waals surface area (Å²) in [7, 11) is -0.802. The van der Waals surface area contributed by atoms with Crippen LogP contribution < -0.4 is 0 Å². The van der Waals surface area contributed by atoms with Crippen LogP contribution in [0.2, 0.25) is 0 Å². The van der Waals surface area contributed by atoms with Crippen molar-refractivity contribution >= 4 is 22.7 Å². The molecule has 0 spiro atoms. The van der Waals surface area contributed by atoms with E-state index < -0.39 is 10.0 Å². The molecular weight excluding hydrogens is 136 g/mol. The first-order valence-corrected chi connectivity index (χ1v) is 5.20. The predicted molar refractivity (Wildman–Crippen MR) is 47.8 cm³/mol. The summed E-state index contributed by atoms with van der Waals surface area (Å²) in [5.41, 5.74) is 0. The van der Waals surface area contributed by atoms with Crippen LogP contribution in [0, 0.1) is 0 Å². The van der Waals surface area contributed by atoms with E-state index in [1.54, 1.807) is 0 Å². The van der Waals surface area contributed by atoms with E-state index in [0.29, 0.717) is 0 Å². The standard InChI is InChI=1S/C6H12S2/c1-5-8(3,4)6(2)7/h5,7H,1-2H2,3-4H3. The summed E-state index contributed by atoms with van der Waals surface area (Å²) in [6.07, 6.45) is 4.21. The van der Waals surface area contributed by atoms with Gasteiger partial charge in [-0.2, -0.15) is 10.0 Å². The van der Waals surface area contributed by atoms with E-state index in [1.165, 1.54) is 0 Å². The van der Waals surface area contributed by atoms with Gasteiger partial charge in [0.05, 0.1) is 0 Å². The van der Waals surface area contributed by atoms with Crippen LogP contribution in [0.15, 0.2) is 22.8 Å². The second-order valence-corrected chi connectivity index (χ2v) is 6.45. The molecular formula is C6H12S2. The Morgan fingerprint density at radius 2 is 2.00 bits per heavy atom. The average Bonchev–Trinajstić information content (AvgIpc) is 1.67. The SMILES string of the molecule is C=CS(C)(C)C(=C)S. The second-order valence-electron chi connectivity index (χ2n) is 1.97. The molecule has 0 amide bonds. The largest absolute Gasteiger partial charge is 0.196 e. The van der Waals surface area contributed by atoms with Gasteiger partial charge in [-0.3, -0.25) is 0 Å². The van der Waals surface area contributed by atoms with E-state index in [4.69, 9.17) is 0 Å². The minimum Gasteiger partial charge on any atom is -0.196 e. The highest BCUT2D eigenvalue weighted by atomic mass is 32.3. The van der Waals surface area contributed by atoms with Crippen LogP contribution in [-0.4, -0.2) is 12.5 Å². The zero-order valence-electron chi connectivity index (χ0n) is 5.35. The third-order valence-corrected chi connectivity index (χ3v) is 4.48. The van der Waals surface area contributed by atoms with Gasteiger partial charge in [0, 0.05) is 4.24 Å². The first-order valence-electron chi connectivity index (χ1n) is 2.24. The van der Waals surface area contributed by atoms with Crippen molar-refractivity contribution in [1.82, 2.24) is 0 Å². The fraction of sp³-hybridized carbons (Fsp3) is 0.333. The minimum atomic E-state index is -0.802. The highest BCUT2D eigenvalue weighted by Crippen LogP contribution is 2.50. The molecule has 0 radical (unpaired) electrons. The topological polar surface area (TPSA) is 0 Å². The molecule has 0 heterocycles. The first kappa shape index (κ1) is 8.18. The lowest BCUT2D eigenvalue weighted by Crippen LogP contribution is -1.86. The van der Waals surface area contributed by atoms with E-state index in [2.05, 4.69) is 38.3 Å². The van der Waals surface area contributed by atoms with Gasteiger partial charge in [-0.05, 0) is 17.9 Å². The van der Waals surface area contributed by atoms with E-state index in [1.807, 2.05) is 5.41 Å². The molecule has 0 aromatic rings. The predicted octanol–water partition coefficient (Wildman–Crippen LogP) is 2.60. The molecule has 0 aliphatic heterocycles. The molecule has 0 aromatic carbocycles. The molecule has 0 fully saturated rings. The van der Waals surface area contributed by atoms with Crippen LogP contribution >= 0.6 is 22.7 Å². The van der Waals surface area contributed by atoms with Gasteiger partial charge in [0.25, 0.3) is 0 Å². The lowest BCUT2D eigenvalue weighted by molar-refractivity contribution is 2.14. The maximum Gasteiger partial charge on any atom is 0.0157 e. The summed E-state index contributed by atoms with van der Waals surface area (Å²) in [4.78, 5) is 0. The summed E-state index contributed by atoms with van der Waals surface area (Å²) >= 11 is 4.13. The van der Waals surface area contributed by atoms with Crippen LogP contribution in [0.25, 0.3) is 0 Å². The van der Waals surface area contributed by atoms with Gasteiger partial charge in [-0.1, -0.05) is 13.2 Å². The van der Waals surface area contributed by atoms with Crippen molar-refractivity contribution in [1.29, 1.82) is 0 Å². The van der Waals surface area contributed by atoms with E-state index in [-0.39, 0.29) is 0 Å². The summed E-state index contributed by atoms with van der Waals surface area (Å²) in [6, 6.07) is 0. The van der Waals surface area contributed by atoms with E-state index in [9.17, 15) is 0 Å². The lowest BCUT2D eigenvalue weighted by atomic mass is 11.2. The van der Waals surface area contributed by atoms with Gasteiger partial charge in [-0.25, -0.2) is 0 Å². The van der Waals surface area contributed by atoms with Crippen LogP contribution in [-0.2, 0) is 0 Å². The molecule has 0 atom stereocenters. The van der Waals surface area contributed by atoms with Crippen LogP contribution in [0.1, 0.15) is 0 Å². The molecule has 0 aromatic heterocycles. The fourth-order valence-electron chi connectivity index (χ4n) is 0.0962. The summed E-state index contributed by atoms with van der Waals surface area (Å²) in [5.74, 6) is 0. The molecule has 8 heavy (non-hydrogen) atoms. The maximum atomic E-state index is 4.13. The van der Waals surface area contributed by atoms with Crippen molar-refractivity contribution in [2.24, 2.45) is 0 Å². The third-order valence-electron chi connectivity index (χ3n) is 1.02. The number of hydrogen-bond donors (Lipinski definition) is 1. The van der Waals surface area contributed by atoms with Crippen molar-refractivity contribution in [3.63, 3.8) is 0 Å². The van der Waals surface area contributed by atoms with E-state index in [0.717, 1.165) is 4.24 Å². The Labute approximate surface area is 58.4 Å². The van der Waals surface area contributed by atoms with Crippen molar-refractivity contribution in [3.05, 3.63) is 22.8 Å². The van der Waals surface area contributed by atoms with Crippen molar-refractivity contribution in [2.75, 3.05) is 12.5 Å². The molecule has 0 nitrogen and oxygen atoms in total. The molecule has 0 aliphatic rings. The highest BCUT2D eigenvalue weighted by Gasteiger charge is 2.05. The zero-order chi connectivity index (χ0) is 6.78. The zero-order valence-corrected chi connectivity index (χ0v) is 7.06. The van der Waals surface area contributed by atoms with Gasteiger partial charge >= 0.3 is 0 Å². The molecule has 0 rings (SSSR count). The Morgan fingerprint density at radius 3 is 2.00 bits per heavy atom. The van der Waals surface area contributed by atoms with Crippen LogP contribution in [0.5, 0.6) is 0 Å². The Morgan fingerprint density at radius 1 is 1.62 bits per heavy atom. The smallest absolute Gasteiger partial charge is 0.0157 e. The third kappa shape index (κ3) is 1.97. The van der Waals surface area contributed by atoms with Crippen LogP contribution in [0.4, 0.5) is 0 Å².